The van der Waals surface area contributed by atoms with Gasteiger partial charge in [-0.05, 0) is 44.2 Å². The standard InChI is InChI=1S/C18H17NO6S/c1-3-23-16-9-4-5-10-17(16)25-26(21,22)15-8-6-7-14(11-15)18(20)24-13(2)12-19/h4-11,13H,3H2,1-2H3/t13-/m0/s1. The fraction of sp³-hybridized carbons (Fsp3) is 0.222. The van der Waals surface area contributed by atoms with Gasteiger partial charge in [0, 0.05) is 0 Å². The van der Waals surface area contributed by atoms with E-state index in [0.717, 1.165) is 6.07 Å². The van der Waals surface area contributed by atoms with Crippen LogP contribution in [0.25, 0.3) is 0 Å². The average molecular weight is 375 g/mol. The van der Waals surface area contributed by atoms with Crippen molar-refractivity contribution >= 4 is 16.1 Å². The van der Waals surface area contributed by atoms with Gasteiger partial charge in [0.1, 0.15) is 11.0 Å². The van der Waals surface area contributed by atoms with Gasteiger partial charge in [-0.15, -0.1) is 0 Å². The van der Waals surface area contributed by atoms with Crippen LogP contribution < -0.4 is 8.92 Å². The lowest BCUT2D eigenvalue weighted by Gasteiger charge is -2.12. The highest BCUT2D eigenvalue weighted by Gasteiger charge is 2.21. The van der Waals surface area contributed by atoms with Crippen molar-refractivity contribution in [2.24, 2.45) is 0 Å². The molecule has 2 rings (SSSR count). The summed E-state index contributed by atoms with van der Waals surface area (Å²) in [5, 5.41) is 8.69. The minimum atomic E-state index is -4.20. The lowest BCUT2D eigenvalue weighted by atomic mass is 10.2. The quantitative estimate of drug-likeness (QED) is 0.541. The fourth-order valence-corrected chi connectivity index (χ4v) is 2.98. The zero-order valence-electron chi connectivity index (χ0n) is 14.2. The average Bonchev–Trinajstić information content (AvgIpc) is 2.63. The van der Waals surface area contributed by atoms with Gasteiger partial charge in [0.05, 0.1) is 12.2 Å². The van der Waals surface area contributed by atoms with Crippen LogP contribution in [0.15, 0.2) is 53.4 Å². The minimum Gasteiger partial charge on any atom is -0.490 e. The first-order valence-electron chi connectivity index (χ1n) is 7.74. The van der Waals surface area contributed by atoms with E-state index in [4.69, 9.17) is 18.9 Å². The number of carbonyl (C=O) groups excluding carboxylic acids is 1. The number of ether oxygens (including phenoxy) is 2. The third-order valence-corrected chi connectivity index (χ3v) is 4.40. The zero-order valence-corrected chi connectivity index (χ0v) is 15.0. The molecule has 0 saturated heterocycles. The molecule has 1 atom stereocenters. The van der Waals surface area contributed by atoms with E-state index in [1.807, 2.05) is 0 Å². The van der Waals surface area contributed by atoms with Crippen LogP contribution >= 0.6 is 0 Å². The summed E-state index contributed by atoms with van der Waals surface area (Å²) in [7, 11) is -4.20. The maximum absolute atomic E-state index is 12.5. The molecule has 0 aliphatic heterocycles. The molecular weight excluding hydrogens is 358 g/mol. The molecule has 0 saturated carbocycles. The van der Waals surface area contributed by atoms with E-state index in [1.165, 1.54) is 31.2 Å². The summed E-state index contributed by atoms with van der Waals surface area (Å²) >= 11 is 0. The Morgan fingerprint density at radius 3 is 2.50 bits per heavy atom. The molecule has 0 heterocycles. The van der Waals surface area contributed by atoms with Gasteiger partial charge >= 0.3 is 16.1 Å². The molecule has 2 aromatic rings. The second-order valence-corrected chi connectivity index (χ2v) is 6.67. The fourth-order valence-electron chi connectivity index (χ4n) is 1.99. The highest BCUT2D eigenvalue weighted by atomic mass is 32.2. The van der Waals surface area contributed by atoms with E-state index in [0.29, 0.717) is 6.61 Å². The predicted molar refractivity (Wildman–Crippen MR) is 92.4 cm³/mol. The molecule has 7 nitrogen and oxygen atoms in total. The molecule has 0 aliphatic carbocycles. The molecule has 2 aromatic carbocycles. The van der Waals surface area contributed by atoms with Gasteiger partial charge < -0.3 is 13.7 Å². The first kappa shape index (κ1) is 19.3. The van der Waals surface area contributed by atoms with Gasteiger partial charge in [-0.25, -0.2) is 4.79 Å². The number of benzene rings is 2. The van der Waals surface area contributed by atoms with E-state index < -0.39 is 22.2 Å². The predicted octanol–water partition coefficient (Wildman–Crippen LogP) is 2.92. The number of hydrogen-bond acceptors (Lipinski definition) is 7. The number of rotatable bonds is 7. The summed E-state index contributed by atoms with van der Waals surface area (Å²) in [6, 6.07) is 13.3. The molecular formula is C18H17NO6S. The van der Waals surface area contributed by atoms with Gasteiger partial charge in [0.25, 0.3) is 0 Å². The third kappa shape index (κ3) is 4.74. The van der Waals surface area contributed by atoms with Crippen LogP contribution in [0, 0.1) is 11.3 Å². The molecule has 0 spiro atoms. The third-order valence-electron chi connectivity index (χ3n) is 3.17. The molecule has 136 valence electrons. The Balaban J connectivity index is 2.29. The summed E-state index contributed by atoms with van der Waals surface area (Å²) in [5.41, 5.74) is -0.00475. The molecule has 0 N–H and O–H groups in total. The van der Waals surface area contributed by atoms with Gasteiger partial charge in [-0.3, -0.25) is 0 Å². The summed E-state index contributed by atoms with van der Waals surface area (Å²) in [5.74, 6) is -0.469. The lowest BCUT2D eigenvalue weighted by molar-refractivity contribution is 0.0435. The molecule has 0 bridgehead atoms. The monoisotopic (exact) mass is 375 g/mol. The summed E-state index contributed by atoms with van der Waals surface area (Å²) in [6.45, 7) is 3.52. The first-order valence-corrected chi connectivity index (χ1v) is 9.15. The van der Waals surface area contributed by atoms with E-state index in [1.54, 1.807) is 31.2 Å². The van der Waals surface area contributed by atoms with E-state index >= 15 is 0 Å². The molecule has 0 unspecified atom stereocenters. The van der Waals surface area contributed by atoms with Crippen LogP contribution in [0.1, 0.15) is 24.2 Å². The van der Waals surface area contributed by atoms with Crippen LogP contribution in [0.3, 0.4) is 0 Å². The molecule has 0 amide bonds. The zero-order chi connectivity index (χ0) is 19.2. The Bertz CT molecular complexity index is 933. The van der Waals surface area contributed by atoms with Crippen molar-refractivity contribution in [3.63, 3.8) is 0 Å². The van der Waals surface area contributed by atoms with Crippen molar-refractivity contribution in [1.29, 1.82) is 5.26 Å². The SMILES string of the molecule is CCOc1ccccc1OS(=O)(=O)c1cccc(C(=O)O[C@@H](C)C#N)c1. The summed E-state index contributed by atoms with van der Waals surface area (Å²) in [4.78, 5) is 11.7. The van der Waals surface area contributed by atoms with Crippen molar-refractivity contribution < 1.29 is 26.9 Å². The van der Waals surface area contributed by atoms with Crippen molar-refractivity contribution in [2.45, 2.75) is 24.8 Å². The second-order valence-electron chi connectivity index (χ2n) is 5.12. The Labute approximate surface area is 151 Å². The summed E-state index contributed by atoms with van der Waals surface area (Å²) in [6.07, 6.45) is -0.947. The van der Waals surface area contributed by atoms with Crippen LogP contribution in [-0.4, -0.2) is 27.1 Å². The van der Waals surface area contributed by atoms with Crippen LogP contribution in [0.5, 0.6) is 11.5 Å². The first-order chi connectivity index (χ1) is 12.4. The normalized spacial score (nSPS) is 11.9. The van der Waals surface area contributed by atoms with Gasteiger partial charge in [0.15, 0.2) is 17.6 Å². The van der Waals surface area contributed by atoms with Crippen molar-refractivity contribution in [3.8, 4) is 17.6 Å². The number of esters is 1. The smallest absolute Gasteiger partial charge is 0.339 e. The van der Waals surface area contributed by atoms with E-state index in [2.05, 4.69) is 0 Å². The largest absolute Gasteiger partial charge is 0.490 e. The number of nitrogens with zero attached hydrogens (tertiary/aromatic N) is 1. The Kier molecular flexibility index (Phi) is 6.20. The molecule has 0 radical (unpaired) electrons. The molecule has 0 fully saturated rings. The number of para-hydroxylation sites is 2. The number of carbonyl (C=O) groups is 1. The van der Waals surface area contributed by atoms with Crippen molar-refractivity contribution in [3.05, 3.63) is 54.1 Å². The minimum absolute atomic E-state index is 0.00475. The second kappa shape index (κ2) is 8.36. The summed E-state index contributed by atoms with van der Waals surface area (Å²) < 4.78 is 40.4. The molecule has 8 heteroatoms. The van der Waals surface area contributed by atoms with Gasteiger partial charge in [-0.2, -0.15) is 13.7 Å². The number of nitriles is 1. The lowest BCUT2D eigenvalue weighted by Crippen LogP contribution is -2.15. The molecule has 26 heavy (non-hydrogen) atoms. The van der Waals surface area contributed by atoms with Gasteiger partial charge in [0.2, 0.25) is 0 Å². The number of hydrogen-bond donors (Lipinski definition) is 0. The van der Waals surface area contributed by atoms with Crippen molar-refractivity contribution in [1.82, 2.24) is 0 Å². The topological polar surface area (TPSA) is 103 Å². The Morgan fingerprint density at radius 2 is 1.85 bits per heavy atom. The molecule has 0 aliphatic rings. The highest BCUT2D eigenvalue weighted by Crippen LogP contribution is 2.29. The van der Waals surface area contributed by atoms with Crippen molar-refractivity contribution in [2.75, 3.05) is 6.61 Å². The van der Waals surface area contributed by atoms with Crippen LogP contribution in [0.4, 0.5) is 0 Å². The van der Waals surface area contributed by atoms with E-state index in [9.17, 15) is 13.2 Å². The van der Waals surface area contributed by atoms with E-state index in [-0.39, 0.29) is 22.0 Å². The Morgan fingerprint density at radius 1 is 1.15 bits per heavy atom. The van der Waals surface area contributed by atoms with Crippen LogP contribution in [-0.2, 0) is 14.9 Å². The highest BCUT2D eigenvalue weighted by molar-refractivity contribution is 7.87. The Hall–Kier alpha value is -3.05. The maximum Gasteiger partial charge on any atom is 0.339 e. The van der Waals surface area contributed by atoms with Gasteiger partial charge in [-0.1, -0.05) is 18.2 Å². The maximum atomic E-state index is 12.5. The van der Waals surface area contributed by atoms with Crippen LogP contribution in [0.2, 0.25) is 0 Å². The molecule has 0 aromatic heterocycles.